The summed E-state index contributed by atoms with van der Waals surface area (Å²) >= 11 is 1.58. The molecule has 144 valence electrons. The molecule has 4 rings (SSSR count). The zero-order chi connectivity index (χ0) is 20.1. The zero-order valence-electron chi connectivity index (χ0n) is 15.8. The summed E-state index contributed by atoms with van der Waals surface area (Å²) in [5.74, 6) is 0.498. The number of imidazole rings is 1. The molecule has 0 unspecified atom stereocenters. The van der Waals surface area contributed by atoms with Gasteiger partial charge in [-0.15, -0.1) is 11.3 Å². The molecule has 0 aliphatic heterocycles. The molecule has 2 heterocycles. The van der Waals surface area contributed by atoms with Gasteiger partial charge < -0.3 is 9.72 Å². The average Bonchev–Trinajstić information content (AvgIpc) is 3.47. The number of hydrogen-bond acceptors (Lipinski definition) is 5. The molecule has 1 N–H and O–H groups in total. The molecule has 4 aromatic rings. The molecule has 2 aromatic carbocycles. The predicted molar refractivity (Wildman–Crippen MR) is 115 cm³/mol. The van der Waals surface area contributed by atoms with Crippen LogP contribution in [-0.4, -0.2) is 28.0 Å². The van der Waals surface area contributed by atoms with Crippen molar-refractivity contribution in [2.24, 2.45) is 0 Å². The van der Waals surface area contributed by atoms with Crippen molar-refractivity contribution in [1.82, 2.24) is 15.0 Å². The van der Waals surface area contributed by atoms with E-state index in [2.05, 4.69) is 27.1 Å². The quantitative estimate of drug-likeness (QED) is 0.456. The van der Waals surface area contributed by atoms with Gasteiger partial charge in [-0.05, 0) is 46.5 Å². The highest BCUT2D eigenvalue weighted by atomic mass is 32.1. The molecule has 6 heteroatoms. The van der Waals surface area contributed by atoms with Gasteiger partial charge in [0, 0.05) is 30.4 Å². The number of esters is 1. The van der Waals surface area contributed by atoms with E-state index in [4.69, 9.17) is 4.74 Å². The predicted octanol–water partition coefficient (Wildman–Crippen LogP) is 5.10. The van der Waals surface area contributed by atoms with Gasteiger partial charge in [0.2, 0.25) is 0 Å². The summed E-state index contributed by atoms with van der Waals surface area (Å²) in [5, 5.41) is 2.87. The highest BCUT2D eigenvalue weighted by Gasteiger charge is 2.12. The van der Waals surface area contributed by atoms with Crippen LogP contribution >= 0.6 is 11.3 Å². The van der Waals surface area contributed by atoms with Gasteiger partial charge in [0.15, 0.2) is 0 Å². The van der Waals surface area contributed by atoms with Crippen molar-refractivity contribution in [1.29, 1.82) is 0 Å². The number of allylic oxidation sites excluding steroid dienone is 1. The van der Waals surface area contributed by atoms with Crippen LogP contribution in [0.25, 0.3) is 22.8 Å². The first kappa shape index (κ1) is 18.8. The van der Waals surface area contributed by atoms with Crippen molar-refractivity contribution in [3.63, 3.8) is 0 Å². The molecule has 0 spiro atoms. The number of rotatable bonds is 6. The van der Waals surface area contributed by atoms with E-state index in [1.807, 2.05) is 47.8 Å². The van der Waals surface area contributed by atoms with Crippen molar-refractivity contribution in [2.75, 3.05) is 7.11 Å². The van der Waals surface area contributed by atoms with Gasteiger partial charge in [-0.2, -0.15) is 0 Å². The third kappa shape index (κ3) is 4.50. The Morgan fingerprint density at radius 2 is 1.97 bits per heavy atom. The molecule has 2 aromatic heterocycles. The third-order valence-electron chi connectivity index (χ3n) is 4.44. The van der Waals surface area contributed by atoms with Crippen LogP contribution in [0.4, 0.5) is 0 Å². The van der Waals surface area contributed by atoms with Crippen LogP contribution in [0.15, 0.2) is 72.5 Å². The summed E-state index contributed by atoms with van der Waals surface area (Å²) in [4.78, 5) is 24.2. The van der Waals surface area contributed by atoms with Gasteiger partial charge >= 0.3 is 5.97 Å². The Hall–Kier alpha value is -3.51. The number of nitrogens with one attached hydrogen (secondary N) is 1. The molecule has 0 radical (unpaired) electrons. The maximum Gasteiger partial charge on any atom is 0.337 e. The van der Waals surface area contributed by atoms with Crippen LogP contribution in [0.1, 0.15) is 26.8 Å². The molecule has 0 aliphatic carbocycles. The van der Waals surface area contributed by atoms with E-state index in [1.54, 1.807) is 29.9 Å². The lowest BCUT2D eigenvalue weighted by molar-refractivity contribution is 0.0600. The number of carbonyl (C=O) groups is 1. The molecular weight excluding hydrogens is 382 g/mol. The highest BCUT2D eigenvalue weighted by Crippen LogP contribution is 2.28. The molecule has 0 aliphatic rings. The number of thiazole rings is 1. The van der Waals surface area contributed by atoms with Crippen LogP contribution in [-0.2, 0) is 11.2 Å². The lowest BCUT2D eigenvalue weighted by Gasteiger charge is -2.09. The van der Waals surface area contributed by atoms with E-state index in [1.165, 1.54) is 7.11 Å². The highest BCUT2D eigenvalue weighted by molar-refractivity contribution is 7.10. The SMILES string of the molecule is COC(=O)c1cc(C=C(Cc2ncc[nH]2)c2nccs2)cc(-c2ccccc2)c1. The second-order valence-corrected chi connectivity index (χ2v) is 7.32. The summed E-state index contributed by atoms with van der Waals surface area (Å²) in [7, 11) is 1.39. The van der Waals surface area contributed by atoms with E-state index in [0.29, 0.717) is 12.0 Å². The molecule has 29 heavy (non-hydrogen) atoms. The van der Waals surface area contributed by atoms with Gasteiger partial charge in [-0.25, -0.2) is 14.8 Å². The second kappa shape index (κ2) is 8.67. The van der Waals surface area contributed by atoms with Crippen LogP contribution < -0.4 is 0 Å². The third-order valence-corrected chi connectivity index (χ3v) is 5.29. The van der Waals surface area contributed by atoms with Crippen molar-refractivity contribution < 1.29 is 9.53 Å². The molecule has 0 saturated carbocycles. The minimum absolute atomic E-state index is 0.362. The Labute approximate surface area is 172 Å². The number of aromatic amines is 1. The van der Waals surface area contributed by atoms with E-state index in [0.717, 1.165) is 33.1 Å². The van der Waals surface area contributed by atoms with Crippen LogP contribution in [0.3, 0.4) is 0 Å². The smallest absolute Gasteiger partial charge is 0.337 e. The molecule has 0 saturated heterocycles. The number of carbonyl (C=O) groups excluding carboxylic acids is 1. The lowest BCUT2D eigenvalue weighted by Crippen LogP contribution is -2.02. The number of H-pyrrole nitrogens is 1. The topological polar surface area (TPSA) is 67.9 Å². The van der Waals surface area contributed by atoms with Crippen LogP contribution in [0.2, 0.25) is 0 Å². The van der Waals surface area contributed by atoms with E-state index in [9.17, 15) is 4.79 Å². The number of nitrogens with zero attached hydrogens (tertiary/aromatic N) is 2. The fourth-order valence-electron chi connectivity index (χ4n) is 3.11. The zero-order valence-corrected chi connectivity index (χ0v) is 16.6. The Kier molecular flexibility index (Phi) is 5.63. The first-order chi connectivity index (χ1) is 14.2. The van der Waals surface area contributed by atoms with Crippen molar-refractivity contribution in [2.45, 2.75) is 6.42 Å². The lowest BCUT2D eigenvalue weighted by atomic mass is 9.98. The minimum Gasteiger partial charge on any atom is -0.465 e. The maximum atomic E-state index is 12.3. The summed E-state index contributed by atoms with van der Waals surface area (Å²) in [6, 6.07) is 15.7. The van der Waals surface area contributed by atoms with E-state index >= 15 is 0 Å². The van der Waals surface area contributed by atoms with Crippen LogP contribution in [0.5, 0.6) is 0 Å². The Balaban J connectivity index is 1.81. The number of hydrogen-bond donors (Lipinski definition) is 1. The monoisotopic (exact) mass is 401 g/mol. The molecule has 0 atom stereocenters. The summed E-state index contributed by atoms with van der Waals surface area (Å²) in [6.07, 6.45) is 8.00. The molecule has 0 amide bonds. The maximum absolute atomic E-state index is 12.3. The van der Waals surface area contributed by atoms with Gasteiger partial charge in [-0.3, -0.25) is 0 Å². The normalized spacial score (nSPS) is 11.4. The van der Waals surface area contributed by atoms with Crippen molar-refractivity contribution >= 4 is 29.0 Å². The summed E-state index contributed by atoms with van der Waals surface area (Å²) in [5.41, 5.74) is 4.43. The van der Waals surface area contributed by atoms with Gasteiger partial charge in [0.25, 0.3) is 0 Å². The Morgan fingerprint density at radius 1 is 1.10 bits per heavy atom. The fourth-order valence-corrected chi connectivity index (χ4v) is 3.77. The second-order valence-electron chi connectivity index (χ2n) is 6.42. The number of aromatic nitrogens is 3. The standard InChI is InChI=1S/C23H19N3O2S/c1-28-23(27)20-13-16(11-18(14-20)17-5-3-2-4-6-17)12-19(22-26-9-10-29-22)15-21-24-7-8-25-21/h2-14H,15H2,1H3,(H,24,25). The van der Waals surface area contributed by atoms with Crippen molar-refractivity contribution in [3.8, 4) is 11.1 Å². The molecule has 5 nitrogen and oxygen atoms in total. The Bertz CT molecular complexity index is 1120. The van der Waals surface area contributed by atoms with E-state index in [-0.39, 0.29) is 5.97 Å². The van der Waals surface area contributed by atoms with Gasteiger partial charge in [0.1, 0.15) is 10.8 Å². The fraction of sp³-hybridized carbons (Fsp3) is 0.0870. The largest absolute Gasteiger partial charge is 0.465 e. The number of ether oxygens (including phenoxy) is 1. The first-order valence-corrected chi connectivity index (χ1v) is 9.98. The minimum atomic E-state index is -0.362. The number of benzene rings is 2. The average molecular weight is 401 g/mol. The first-order valence-electron chi connectivity index (χ1n) is 9.10. The molecular formula is C23H19N3O2S. The van der Waals surface area contributed by atoms with Crippen molar-refractivity contribution in [3.05, 3.63) is 94.5 Å². The van der Waals surface area contributed by atoms with E-state index < -0.39 is 0 Å². The van der Waals surface area contributed by atoms with Gasteiger partial charge in [-0.1, -0.05) is 30.3 Å². The summed E-state index contributed by atoms with van der Waals surface area (Å²) < 4.78 is 4.96. The molecule has 0 bridgehead atoms. The number of methoxy groups -OCH3 is 1. The van der Waals surface area contributed by atoms with Crippen LogP contribution in [0, 0.1) is 0 Å². The van der Waals surface area contributed by atoms with Gasteiger partial charge in [0.05, 0.1) is 12.7 Å². The Morgan fingerprint density at radius 3 is 2.66 bits per heavy atom. The summed E-state index contributed by atoms with van der Waals surface area (Å²) in [6.45, 7) is 0. The molecule has 0 fully saturated rings.